The normalized spacial score (nSPS) is 13.3. The molecule has 0 bridgehead atoms. The van der Waals surface area contributed by atoms with E-state index < -0.39 is 11.9 Å². The minimum atomic E-state index is -0.884. The molecule has 20 heavy (non-hydrogen) atoms. The number of urea groups is 1. The van der Waals surface area contributed by atoms with Gasteiger partial charge in [-0.25, -0.2) is 4.79 Å². The van der Waals surface area contributed by atoms with Crippen molar-refractivity contribution >= 4 is 12.0 Å². The number of carbonyl (C=O) groups is 2. The first-order valence-electron chi connectivity index (χ1n) is 6.72. The fourth-order valence-corrected chi connectivity index (χ4v) is 1.83. The Morgan fingerprint density at radius 1 is 1.40 bits per heavy atom. The van der Waals surface area contributed by atoms with E-state index in [0.29, 0.717) is 6.42 Å². The Bertz CT molecular complexity index is 437. The lowest BCUT2D eigenvalue weighted by Crippen LogP contribution is -2.41. The van der Waals surface area contributed by atoms with Gasteiger partial charge in [-0.15, -0.1) is 0 Å². The van der Waals surface area contributed by atoms with Crippen LogP contribution in [-0.2, 0) is 4.79 Å². The molecule has 0 spiro atoms. The maximum atomic E-state index is 11.7. The molecule has 0 saturated heterocycles. The van der Waals surface area contributed by atoms with Crippen LogP contribution in [0.1, 0.15) is 38.4 Å². The van der Waals surface area contributed by atoms with E-state index in [1.54, 1.807) is 12.3 Å². The maximum Gasteiger partial charge on any atom is 0.315 e. The van der Waals surface area contributed by atoms with Crippen LogP contribution in [0.2, 0.25) is 0 Å². The van der Waals surface area contributed by atoms with Gasteiger partial charge < -0.3 is 15.7 Å². The second-order valence-electron chi connectivity index (χ2n) is 4.65. The summed E-state index contributed by atoms with van der Waals surface area (Å²) in [6.45, 7) is 3.87. The SMILES string of the molecule is CCCC(CNC(=O)NC(C)c1ccccn1)C(=O)O. The summed E-state index contributed by atoms with van der Waals surface area (Å²) in [6.07, 6.45) is 2.98. The second-order valence-corrected chi connectivity index (χ2v) is 4.65. The van der Waals surface area contributed by atoms with Crippen LogP contribution in [0.15, 0.2) is 24.4 Å². The summed E-state index contributed by atoms with van der Waals surface area (Å²) in [5, 5.41) is 14.3. The molecule has 3 N–H and O–H groups in total. The summed E-state index contributed by atoms with van der Waals surface area (Å²) in [5.74, 6) is -1.43. The molecule has 1 rings (SSSR count). The first-order chi connectivity index (χ1) is 9.54. The van der Waals surface area contributed by atoms with Crippen molar-refractivity contribution in [1.82, 2.24) is 15.6 Å². The number of carboxylic acids is 1. The van der Waals surface area contributed by atoms with Crippen molar-refractivity contribution in [2.75, 3.05) is 6.54 Å². The number of aliphatic carboxylic acids is 1. The predicted octanol–water partition coefficient (Wildman–Crippen LogP) is 1.94. The number of rotatable bonds is 7. The Kier molecular flexibility index (Phi) is 6.49. The average Bonchev–Trinajstić information content (AvgIpc) is 2.44. The van der Waals surface area contributed by atoms with Crippen LogP contribution in [0.5, 0.6) is 0 Å². The van der Waals surface area contributed by atoms with Gasteiger partial charge in [0.05, 0.1) is 17.7 Å². The van der Waals surface area contributed by atoms with E-state index in [0.717, 1.165) is 12.1 Å². The molecular weight excluding hydrogens is 258 g/mol. The third-order valence-corrected chi connectivity index (χ3v) is 2.97. The molecule has 0 aliphatic rings. The predicted molar refractivity (Wildman–Crippen MR) is 75.2 cm³/mol. The summed E-state index contributed by atoms with van der Waals surface area (Å²) in [4.78, 5) is 26.8. The molecule has 0 aliphatic heterocycles. The summed E-state index contributed by atoms with van der Waals surface area (Å²) < 4.78 is 0. The lowest BCUT2D eigenvalue weighted by Gasteiger charge is -2.16. The van der Waals surface area contributed by atoms with E-state index >= 15 is 0 Å². The Balaban J connectivity index is 2.41. The van der Waals surface area contributed by atoms with Gasteiger partial charge >= 0.3 is 12.0 Å². The number of hydrogen-bond acceptors (Lipinski definition) is 3. The molecule has 2 atom stereocenters. The zero-order valence-electron chi connectivity index (χ0n) is 11.8. The summed E-state index contributed by atoms with van der Waals surface area (Å²) in [6, 6.07) is 4.86. The fourth-order valence-electron chi connectivity index (χ4n) is 1.83. The quantitative estimate of drug-likeness (QED) is 0.711. The number of nitrogens with one attached hydrogen (secondary N) is 2. The van der Waals surface area contributed by atoms with Gasteiger partial charge in [0, 0.05) is 12.7 Å². The number of hydrogen-bond donors (Lipinski definition) is 3. The minimum Gasteiger partial charge on any atom is -0.481 e. The highest BCUT2D eigenvalue weighted by Gasteiger charge is 2.18. The molecule has 0 aromatic carbocycles. The highest BCUT2D eigenvalue weighted by Crippen LogP contribution is 2.08. The molecule has 2 amide bonds. The van der Waals surface area contributed by atoms with Gasteiger partial charge in [0.1, 0.15) is 0 Å². The summed E-state index contributed by atoms with van der Waals surface area (Å²) >= 11 is 0. The van der Waals surface area contributed by atoms with Crippen LogP contribution < -0.4 is 10.6 Å². The lowest BCUT2D eigenvalue weighted by molar-refractivity contribution is -0.141. The lowest BCUT2D eigenvalue weighted by atomic mass is 10.0. The van der Waals surface area contributed by atoms with E-state index in [2.05, 4.69) is 15.6 Å². The van der Waals surface area contributed by atoms with Crippen molar-refractivity contribution in [1.29, 1.82) is 0 Å². The van der Waals surface area contributed by atoms with Crippen LogP contribution in [0.4, 0.5) is 4.79 Å². The maximum absolute atomic E-state index is 11.7. The first-order valence-corrected chi connectivity index (χ1v) is 6.72. The Morgan fingerprint density at radius 2 is 2.15 bits per heavy atom. The van der Waals surface area contributed by atoms with Gasteiger partial charge in [0.15, 0.2) is 0 Å². The van der Waals surface area contributed by atoms with E-state index in [4.69, 9.17) is 5.11 Å². The third-order valence-electron chi connectivity index (χ3n) is 2.97. The molecule has 0 radical (unpaired) electrons. The van der Waals surface area contributed by atoms with Crippen LogP contribution in [-0.4, -0.2) is 28.6 Å². The molecule has 1 heterocycles. The van der Waals surface area contributed by atoms with Crippen molar-refractivity contribution < 1.29 is 14.7 Å². The van der Waals surface area contributed by atoms with Crippen LogP contribution in [0, 0.1) is 5.92 Å². The van der Waals surface area contributed by atoms with Gasteiger partial charge in [-0.2, -0.15) is 0 Å². The van der Waals surface area contributed by atoms with E-state index in [-0.39, 0.29) is 18.6 Å². The van der Waals surface area contributed by atoms with Crippen LogP contribution >= 0.6 is 0 Å². The Labute approximate surface area is 118 Å². The van der Waals surface area contributed by atoms with Gasteiger partial charge in [0.2, 0.25) is 0 Å². The summed E-state index contributed by atoms with van der Waals surface area (Å²) in [5.41, 5.74) is 0.756. The average molecular weight is 279 g/mol. The summed E-state index contributed by atoms with van der Waals surface area (Å²) in [7, 11) is 0. The number of pyridine rings is 1. The van der Waals surface area contributed by atoms with Gasteiger partial charge in [-0.3, -0.25) is 9.78 Å². The number of aromatic nitrogens is 1. The van der Waals surface area contributed by atoms with Crippen molar-refractivity contribution in [2.24, 2.45) is 5.92 Å². The van der Waals surface area contributed by atoms with E-state index in [1.165, 1.54) is 0 Å². The Hall–Kier alpha value is -2.11. The van der Waals surface area contributed by atoms with Crippen LogP contribution in [0.25, 0.3) is 0 Å². The largest absolute Gasteiger partial charge is 0.481 e. The highest BCUT2D eigenvalue weighted by atomic mass is 16.4. The molecule has 0 aliphatic carbocycles. The molecule has 1 aromatic rings. The molecule has 110 valence electrons. The molecule has 0 saturated carbocycles. The van der Waals surface area contributed by atoms with Crippen LogP contribution in [0.3, 0.4) is 0 Å². The second kappa shape index (κ2) is 8.14. The topological polar surface area (TPSA) is 91.3 Å². The fraction of sp³-hybridized carbons (Fsp3) is 0.500. The number of carboxylic acid groups (broad SMARTS) is 1. The van der Waals surface area contributed by atoms with E-state index in [1.807, 2.05) is 26.0 Å². The third kappa shape index (κ3) is 5.26. The first kappa shape index (κ1) is 15.9. The smallest absolute Gasteiger partial charge is 0.315 e. The Morgan fingerprint density at radius 3 is 2.70 bits per heavy atom. The number of nitrogens with zero attached hydrogens (tertiary/aromatic N) is 1. The standard InChI is InChI=1S/C14H21N3O3/c1-3-6-11(13(18)19)9-16-14(20)17-10(2)12-7-4-5-8-15-12/h4-5,7-8,10-11H,3,6,9H2,1-2H3,(H,18,19)(H2,16,17,20). The zero-order valence-corrected chi connectivity index (χ0v) is 11.8. The van der Waals surface area contributed by atoms with Gasteiger partial charge in [-0.1, -0.05) is 19.4 Å². The van der Waals surface area contributed by atoms with Crippen molar-refractivity contribution in [3.05, 3.63) is 30.1 Å². The highest BCUT2D eigenvalue weighted by molar-refractivity contribution is 5.76. The molecular formula is C14H21N3O3. The van der Waals surface area contributed by atoms with Crippen molar-refractivity contribution in [2.45, 2.75) is 32.7 Å². The van der Waals surface area contributed by atoms with Crippen molar-refractivity contribution in [3.8, 4) is 0 Å². The molecule has 6 heteroatoms. The molecule has 0 fully saturated rings. The zero-order chi connectivity index (χ0) is 15.0. The number of carbonyl (C=O) groups excluding carboxylic acids is 1. The minimum absolute atomic E-state index is 0.129. The van der Waals surface area contributed by atoms with Gasteiger partial charge in [0.25, 0.3) is 0 Å². The van der Waals surface area contributed by atoms with Gasteiger partial charge in [-0.05, 0) is 25.5 Å². The number of amides is 2. The monoisotopic (exact) mass is 279 g/mol. The molecule has 2 unspecified atom stereocenters. The van der Waals surface area contributed by atoms with E-state index in [9.17, 15) is 9.59 Å². The molecule has 1 aromatic heterocycles. The molecule has 6 nitrogen and oxygen atoms in total. The van der Waals surface area contributed by atoms with Crippen molar-refractivity contribution in [3.63, 3.8) is 0 Å².